The largest absolute Gasteiger partial charge is 0.345 e. The minimum atomic E-state index is -0.0535. The van der Waals surface area contributed by atoms with Crippen molar-refractivity contribution in [1.82, 2.24) is 10.2 Å². The standard InChI is InChI=1S/C18H20ClIN2O/c1-22(2)11-10-17(13-6-8-15(19)9-7-13)21-18(23)14-4-3-5-16(20)12-14/h3-9,12,17H,10-11H2,1-2H3,(H,21,23). The summed E-state index contributed by atoms with van der Waals surface area (Å²) in [5.41, 5.74) is 1.75. The van der Waals surface area contributed by atoms with E-state index in [0.717, 1.165) is 22.1 Å². The average Bonchev–Trinajstić information content (AvgIpc) is 2.52. The van der Waals surface area contributed by atoms with Gasteiger partial charge < -0.3 is 10.2 Å². The highest BCUT2D eigenvalue weighted by molar-refractivity contribution is 14.1. The van der Waals surface area contributed by atoms with Crippen LogP contribution in [0.3, 0.4) is 0 Å². The Morgan fingerprint density at radius 2 is 1.91 bits per heavy atom. The van der Waals surface area contributed by atoms with Crippen LogP contribution in [-0.4, -0.2) is 31.4 Å². The minimum Gasteiger partial charge on any atom is -0.345 e. The van der Waals surface area contributed by atoms with Crippen molar-refractivity contribution in [3.63, 3.8) is 0 Å². The molecular weight excluding hydrogens is 423 g/mol. The maximum absolute atomic E-state index is 12.5. The summed E-state index contributed by atoms with van der Waals surface area (Å²) >= 11 is 8.18. The first-order valence-corrected chi connectivity index (χ1v) is 8.88. The van der Waals surface area contributed by atoms with Crippen molar-refractivity contribution < 1.29 is 4.79 Å². The fourth-order valence-electron chi connectivity index (χ4n) is 2.28. The monoisotopic (exact) mass is 442 g/mol. The summed E-state index contributed by atoms with van der Waals surface area (Å²) in [6.07, 6.45) is 0.838. The van der Waals surface area contributed by atoms with Crippen LogP contribution in [0.15, 0.2) is 48.5 Å². The molecular formula is C18H20ClIN2O. The SMILES string of the molecule is CN(C)CCC(NC(=O)c1cccc(I)c1)c1ccc(Cl)cc1. The Morgan fingerprint density at radius 1 is 1.22 bits per heavy atom. The molecule has 122 valence electrons. The van der Waals surface area contributed by atoms with Crippen LogP contribution in [0.2, 0.25) is 5.02 Å². The minimum absolute atomic E-state index is 0.0416. The summed E-state index contributed by atoms with van der Waals surface area (Å²) in [7, 11) is 4.06. The predicted molar refractivity (Wildman–Crippen MR) is 104 cm³/mol. The van der Waals surface area contributed by atoms with Gasteiger partial charge in [-0.1, -0.05) is 29.8 Å². The first kappa shape index (κ1) is 18.2. The summed E-state index contributed by atoms with van der Waals surface area (Å²) in [6.45, 7) is 0.889. The molecule has 0 aromatic heterocycles. The number of benzene rings is 2. The van der Waals surface area contributed by atoms with Gasteiger partial charge in [-0.3, -0.25) is 4.79 Å². The molecule has 0 saturated heterocycles. The molecule has 2 rings (SSSR count). The summed E-state index contributed by atoms with van der Waals surface area (Å²) in [5.74, 6) is -0.0535. The zero-order valence-electron chi connectivity index (χ0n) is 13.2. The van der Waals surface area contributed by atoms with Crippen molar-refractivity contribution >= 4 is 40.1 Å². The Balaban J connectivity index is 2.16. The van der Waals surface area contributed by atoms with E-state index < -0.39 is 0 Å². The van der Waals surface area contributed by atoms with Crippen molar-refractivity contribution in [3.05, 3.63) is 68.3 Å². The van der Waals surface area contributed by atoms with Gasteiger partial charge in [-0.05, 0) is 85.5 Å². The second kappa shape index (κ2) is 8.66. The zero-order chi connectivity index (χ0) is 16.8. The number of rotatable bonds is 6. The van der Waals surface area contributed by atoms with Crippen LogP contribution in [0.4, 0.5) is 0 Å². The molecule has 0 radical (unpaired) electrons. The number of hydrogen-bond acceptors (Lipinski definition) is 2. The van der Waals surface area contributed by atoms with Crippen LogP contribution < -0.4 is 5.32 Å². The third-order valence-corrected chi connectivity index (χ3v) is 4.45. The average molecular weight is 443 g/mol. The van der Waals surface area contributed by atoms with E-state index in [1.165, 1.54) is 0 Å². The molecule has 0 heterocycles. The lowest BCUT2D eigenvalue weighted by atomic mass is 10.0. The van der Waals surface area contributed by atoms with Gasteiger partial charge in [0.05, 0.1) is 6.04 Å². The molecule has 5 heteroatoms. The van der Waals surface area contributed by atoms with Crippen molar-refractivity contribution in [2.45, 2.75) is 12.5 Å². The Bertz CT molecular complexity index is 658. The molecule has 0 bridgehead atoms. The van der Waals surface area contributed by atoms with Crippen molar-refractivity contribution in [3.8, 4) is 0 Å². The lowest BCUT2D eigenvalue weighted by Gasteiger charge is -2.21. The van der Waals surface area contributed by atoms with Crippen LogP contribution in [-0.2, 0) is 0 Å². The molecule has 23 heavy (non-hydrogen) atoms. The Labute approximate surface area is 156 Å². The van der Waals surface area contributed by atoms with E-state index in [4.69, 9.17) is 11.6 Å². The maximum Gasteiger partial charge on any atom is 0.251 e. The second-order valence-corrected chi connectivity index (χ2v) is 7.36. The van der Waals surface area contributed by atoms with E-state index >= 15 is 0 Å². The number of carbonyl (C=O) groups is 1. The van der Waals surface area contributed by atoms with E-state index in [1.807, 2.05) is 62.6 Å². The Kier molecular flexibility index (Phi) is 6.87. The lowest BCUT2D eigenvalue weighted by molar-refractivity contribution is 0.0932. The van der Waals surface area contributed by atoms with Gasteiger partial charge in [0.15, 0.2) is 0 Å². The molecule has 1 unspecified atom stereocenters. The maximum atomic E-state index is 12.5. The molecule has 1 N–H and O–H groups in total. The van der Waals surface area contributed by atoms with Crippen molar-refractivity contribution in [2.24, 2.45) is 0 Å². The number of nitrogens with zero attached hydrogens (tertiary/aromatic N) is 1. The first-order chi connectivity index (χ1) is 11.0. The van der Waals surface area contributed by atoms with E-state index in [2.05, 4.69) is 32.8 Å². The first-order valence-electron chi connectivity index (χ1n) is 7.42. The summed E-state index contributed by atoms with van der Waals surface area (Å²) < 4.78 is 1.05. The molecule has 0 saturated carbocycles. The smallest absolute Gasteiger partial charge is 0.251 e. The highest BCUT2D eigenvalue weighted by atomic mass is 127. The number of hydrogen-bond donors (Lipinski definition) is 1. The fraction of sp³-hybridized carbons (Fsp3) is 0.278. The normalized spacial score (nSPS) is 12.2. The number of halogens is 2. The Hall–Kier alpha value is -1.11. The van der Waals surface area contributed by atoms with Gasteiger partial charge in [0.1, 0.15) is 0 Å². The molecule has 2 aromatic rings. The van der Waals surface area contributed by atoms with Crippen LogP contribution in [0.25, 0.3) is 0 Å². The molecule has 1 atom stereocenters. The third-order valence-electron chi connectivity index (χ3n) is 3.53. The molecule has 0 fully saturated rings. The topological polar surface area (TPSA) is 32.3 Å². The molecule has 0 aliphatic carbocycles. The van der Waals surface area contributed by atoms with E-state index in [-0.39, 0.29) is 11.9 Å². The number of carbonyl (C=O) groups excluding carboxylic acids is 1. The number of nitrogens with one attached hydrogen (secondary N) is 1. The van der Waals surface area contributed by atoms with Gasteiger partial charge in [-0.2, -0.15) is 0 Å². The molecule has 3 nitrogen and oxygen atoms in total. The quantitative estimate of drug-likeness (QED) is 0.674. The zero-order valence-corrected chi connectivity index (χ0v) is 16.1. The van der Waals surface area contributed by atoms with E-state index in [0.29, 0.717) is 10.6 Å². The summed E-state index contributed by atoms with van der Waals surface area (Å²) in [5, 5.41) is 3.84. The van der Waals surface area contributed by atoms with Crippen LogP contribution in [0.1, 0.15) is 28.4 Å². The van der Waals surface area contributed by atoms with Crippen molar-refractivity contribution in [2.75, 3.05) is 20.6 Å². The third kappa shape index (κ3) is 5.79. The molecule has 1 amide bonds. The summed E-state index contributed by atoms with van der Waals surface area (Å²) in [4.78, 5) is 14.6. The summed E-state index contributed by atoms with van der Waals surface area (Å²) in [6, 6.07) is 15.2. The van der Waals surface area contributed by atoms with E-state index in [1.54, 1.807) is 0 Å². The molecule has 0 aliphatic heterocycles. The van der Waals surface area contributed by atoms with Gasteiger partial charge in [0, 0.05) is 14.2 Å². The Morgan fingerprint density at radius 3 is 2.52 bits per heavy atom. The highest BCUT2D eigenvalue weighted by Gasteiger charge is 2.16. The van der Waals surface area contributed by atoms with Gasteiger partial charge in [-0.25, -0.2) is 0 Å². The van der Waals surface area contributed by atoms with Crippen LogP contribution in [0, 0.1) is 3.57 Å². The predicted octanol–water partition coefficient (Wildman–Crippen LogP) is 4.37. The fourth-order valence-corrected chi connectivity index (χ4v) is 2.94. The second-order valence-electron chi connectivity index (χ2n) is 5.68. The number of amides is 1. The van der Waals surface area contributed by atoms with E-state index in [9.17, 15) is 4.79 Å². The van der Waals surface area contributed by atoms with Gasteiger partial charge in [0.25, 0.3) is 5.91 Å². The van der Waals surface area contributed by atoms with Crippen LogP contribution in [0.5, 0.6) is 0 Å². The molecule has 2 aromatic carbocycles. The lowest BCUT2D eigenvalue weighted by Crippen LogP contribution is -2.31. The van der Waals surface area contributed by atoms with Crippen molar-refractivity contribution in [1.29, 1.82) is 0 Å². The van der Waals surface area contributed by atoms with Gasteiger partial charge >= 0.3 is 0 Å². The molecule has 0 aliphatic rings. The van der Waals surface area contributed by atoms with Crippen LogP contribution >= 0.6 is 34.2 Å². The highest BCUT2D eigenvalue weighted by Crippen LogP contribution is 2.20. The van der Waals surface area contributed by atoms with Gasteiger partial charge in [-0.15, -0.1) is 0 Å². The molecule has 0 spiro atoms. The van der Waals surface area contributed by atoms with Gasteiger partial charge in [0.2, 0.25) is 0 Å².